The maximum atomic E-state index is 13.9. The van der Waals surface area contributed by atoms with Crippen LogP contribution >= 0.6 is 0 Å². The highest BCUT2D eigenvalue weighted by atomic mass is 16.5. The maximum Gasteiger partial charge on any atom is 0.253 e. The van der Waals surface area contributed by atoms with Crippen LogP contribution in [0.3, 0.4) is 0 Å². The lowest BCUT2D eigenvalue weighted by Gasteiger charge is -2.30. The molecule has 0 aliphatic rings. The van der Waals surface area contributed by atoms with Crippen LogP contribution in [0.15, 0.2) is 100 Å². The largest absolute Gasteiger partial charge is 0.497 e. The van der Waals surface area contributed by atoms with E-state index in [9.17, 15) is 4.79 Å². The molecule has 0 saturated heterocycles. The third-order valence-electron chi connectivity index (χ3n) is 7.89. The highest BCUT2D eigenvalue weighted by Crippen LogP contribution is 2.31. The van der Waals surface area contributed by atoms with Gasteiger partial charge in [-0.3, -0.25) is 9.69 Å². The van der Waals surface area contributed by atoms with Crippen LogP contribution in [-0.2, 0) is 26.1 Å². The molecule has 0 amide bonds. The number of fused-ring (bicyclic) bond motifs is 1. The summed E-state index contributed by atoms with van der Waals surface area (Å²) in [4.78, 5) is 19.2. The van der Waals surface area contributed by atoms with Gasteiger partial charge in [-0.25, -0.2) is 4.68 Å². The highest BCUT2D eigenvalue weighted by molar-refractivity contribution is 5.81. The summed E-state index contributed by atoms with van der Waals surface area (Å²) in [5.41, 5.74) is 5.68. The summed E-state index contributed by atoms with van der Waals surface area (Å²) in [5.74, 6) is 2.13. The molecule has 1 atom stereocenters. The lowest BCUT2D eigenvalue weighted by molar-refractivity contribution is 0.178. The lowest BCUT2D eigenvalue weighted by Crippen LogP contribution is -2.35. The number of aromatic amines is 1. The number of aryl methyl sites for hydroxylation is 4. The first-order valence-electron chi connectivity index (χ1n) is 14.3. The van der Waals surface area contributed by atoms with E-state index < -0.39 is 6.04 Å². The zero-order valence-electron chi connectivity index (χ0n) is 24.5. The van der Waals surface area contributed by atoms with Crippen molar-refractivity contribution in [3.8, 4) is 5.75 Å². The minimum Gasteiger partial charge on any atom is -0.497 e. The Morgan fingerprint density at radius 1 is 0.930 bits per heavy atom. The number of hydrogen-bond acceptors (Lipinski definition) is 7. The Balaban J connectivity index is 1.48. The van der Waals surface area contributed by atoms with E-state index in [2.05, 4.69) is 50.5 Å². The molecule has 1 unspecified atom stereocenters. The third-order valence-corrected chi connectivity index (χ3v) is 7.89. The molecule has 6 aromatic rings. The van der Waals surface area contributed by atoms with Gasteiger partial charge in [0.15, 0.2) is 5.82 Å². The van der Waals surface area contributed by atoms with Gasteiger partial charge in [0.2, 0.25) is 0 Å². The van der Waals surface area contributed by atoms with Crippen LogP contribution in [0.4, 0.5) is 0 Å². The minimum atomic E-state index is -0.576. The first-order chi connectivity index (χ1) is 21.0. The Labute approximate surface area is 249 Å². The van der Waals surface area contributed by atoms with Crippen molar-refractivity contribution >= 4 is 10.9 Å². The number of furan rings is 1. The molecule has 9 nitrogen and oxygen atoms in total. The van der Waals surface area contributed by atoms with Gasteiger partial charge in [-0.05, 0) is 101 Å². The molecule has 3 heterocycles. The smallest absolute Gasteiger partial charge is 0.253 e. The van der Waals surface area contributed by atoms with Gasteiger partial charge in [0.05, 0.1) is 19.9 Å². The monoisotopic (exact) mass is 574 g/mol. The van der Waals surface area contributed by atoms with E-state index in [1.165, 1.54) is 5.56 Å². The summed E-state index contributed by atoms with van der Waals surface area (Å²) >= 11 is 0. The first kappa shape index (κ1) is 28.1. The van der Waals surface area contributed by atoms with Gasteiger partial charge in [0.25, 0.3) is 5.56 Å². The fourth-order valence-corrected chi connectivity index (χ4v) is 5.45. The van der Waals surface area contributed by atoms with E-state index in [1.54, 1.807) is 13.4 Å². The van der Waals surface area contributed by atoms with Gasteiger partial charge in [-0.2, -0.15) is 0 Å². The van der Waals surface area contributed by atoms with Crippen LogP contribution in [0.25, 0.3) is 10.9 Å². The Morgan fingerprint density at radius 3 is 2.47 bits per heavy atom. The molecule has 0 radical (unpaired) electrons. The van der Waals surface area contributed by atoms with Crippen LogP contribution in [0.2, 0.25) is 0 Å². The number of nitrogens with zero attached hydrogens (tertiary/aromatic N) is 5. The van der Waals surface area contributed by atoms with Crippen LogP contribution < -0.4 is 10.3 Å². The molecule has 1 N–H and O–H groups in total. The van der Waals surface area contributed by atoms with E-state index in [1.807, 2.05) is 78.3 Å². The van der Waals surface area contributed by atoms with E-state index >= 15 is 0 Å². The summed E-state index contributed by atoms with van der Waals surface area (Å²) < 4.78 is 13.0. The molecule has 0 bridgehead atoms. The van der Waals surface area contributed by atoms with Gasteiger partial charge >= 0.3 is 0 Å². The third kappa shape index (κ3) is 6.27. The quantitative estimate of drug-likeness (QED) is 0.210. The van der Waals surface area contributed by atoms with E-state index in [0.29, 0.717) is 31.0 Å². The van der Waals surface area contributed by atoms with Crippen molar-refractivity contribution in [3.63, 3.8) is 0 Å². The second kappa shape index (κ2) is 12.5. The molecule has 6 rings (SSSR count). The van der Waals surface area contributed by atoms with Crippen molar-refractivity contribution in [1.82, 2.24) is 30.1 Å². The normalized spacial score (nSPS) is 12.2. The van der Waals surface area contributed by atoms with Crippen LogP contribution in [-0.4, -0.2) is 37.2 Å². The predicted molar refractivity (Wildman–Crippen MR) is 165 cm³/mol. The zero-order chi connectivity index (χ0) is 29.8. The molecule has 0 aliphatic carbocycles. The number of rotatable bonds is 11. The molecule has 218 valence electrons. The van der Waals surface area contributed by atoms with E-state index in [0.717, 1.165) is 45.5 Å². The number of nitrogens with one attached hydrogen (secondary N) is 1. The number of benzene rings is 3. The van der Waals surface area contributed by atoms with E-state index in [-0.39, 0.29) is 5.56 Å². The zero-order valence-corrected chi connectivity index (χ0v) is 24.5. The number of hydrogen-bond donors (Lipinski definition) is 1. The number of tetrazole rings is 1. The number of pyridine rings is 1. The van der Waals surface area contributed by atoms with Crippen molar-refractivity contribution in [2.45, 2.75) is 45.9 Å². The summed E-state index contributed by atoms with van der Waals surface area (Å²) in [6, 6.07) is 27.5. The van der Waals surface area contributed by atoms with Crippen LogP contribution in [0.1, 0.15) is 45.4 Å². The molecule has 43 heavy (non-hydrogen) atoms. The number of ether oxygens (including phenoxy) is 1. The summed E-state index contributed by atoms with van der Waals surface area (Å²) in [5, 5.41) is 14.0. The summed E-state index contributed by atoms with van der Waals surface area (Å²) in [6.07, 6.45) is 2.41. The van der Waals surface area contributed by atoms with Crippen molar-refractivity contribution in [2.75, 3.05) is 7.11 Å². The van der Waals surface area contributed by atoms with Crippen LogP contribution in [0, 0.1) is 13.8 Å². The number of H-pyrrole nitrogens is 1. The van der Waals surface area contributed by atoms with Gasteiger partial charge < -0.3 is 14.1 Å². The average Bonchev–Trinajstić information content (AvgIpc) is 3.71. The molecule has 0 spiro atoms. The van der Waals surface area contributed by atoms with E-state index in [4.69, 9.17) is 9.15 Å². The Morgan fingerprint density at radius 2 is 1.72 bits per heavy atom. The minimum absolute atomic E-state index is 0.183. The van der Waals surface area contributed by atoms with Gasteiger partial charge in [-0.15, -0.1) is 5.10 Å². The average molecular weight is 575 g/mol. The Hall–Kier alpha value is -5.02. The predicted octanol–water partition coefficient (Wildman–Crippen LogP) is 5.77. The molecule has 9 heteroatoms. The van der Waals surface area contributed by atoms with Crippen molar-refractivity contribution in [1.29, 1.82) is 0 Å². The lowest BCUT2D eigenvalue weighted by atomic mass is 10.00. The molecule has 3 aromatic carbocycles. The molecule has 0 aliphatic heterocycles. The second-order valence-electron chi connectivity index (χ2n) is 10.8. The molecule has 0 saturated carbocycles. The second-order valence-corrected chi connectivity index (χ2v) is 10.8. The maximum absolute atomic E-state index is 13.9. The van der Waals surface area contributed by atoms with Gasteiger partial charge in [-0.1, -0.05) is 42.5 Å². The number of methoxy groups -OCH3 is 1. The first-order valence-corrected chi connectivity index (χ1v) is 14.3. The van der Waals surface area contributed by atoms with Crippen molar-refractivity contribution in [2.24, 2.45) is 0 Å². The Bertz CT molecular complexity index is 1860. The Kier molecular flexibility index (Phi) is 8.15. The summed E-state index contributed by atoms with van der Waals surface area (Å²) in [7, 11) is 1.65. The van der Waals surface area contributed by atoms with Gasteiger partial charge in [0.1, 0.15) is 17.6 Å². The van der Waals surface area contributed by atoms with Crippen molar-refractivity contribution < 1.29 is 9.15 Å². The van der Waals surface area contributed by atoms with Crippen molar-refractivity contribution in [3.05, 3.63) is 141 Å². The topological polar surface area (TPSA) is 102 Å². The molecule has 3 aromatic heterocycles. The number of aromatic nitrogens is 5. The standard InChI is InChI=1S/C34H34N6O3/c1-23-18-27-20-30(34(41)35-31(27)19-24(23)2)32(33-36-37-38-40(33)16-15-25-8-5-4-6-9-25)39(22-29-10-7-17-43-29)21-26-11-13-28(42-3)14-12-26/h4-14,17-20,32H,15-16,21-22H2,1-3H3,(H,35,41). The summed E-state index contributed by atoms with van der Waals surface area (Å²) in [6.45, 7) is 5.62. The molecular weight excluding hydrogens is 540 g/mol. The molecular formula is C34H34N6O3. The fraction of sp³-hybridized carbons (Fsp3) is 0.235. The fourth-order valence-electron chi connectivity index (χ4n) is 5.45. The van der Waals surface area contributed by atoms with Crippen LogP contribution in [0.5, 0.6) is 5.75 Å². The SMILES string of the molecule is COc1ccc(CN(Cc2ccco2)C(c2cc3cc(C)c(C)cc3[nH]c2=O)c2nnnn2CCc2ccccc2)cc1. The highest BCUT2D eigenvalue weighted by Gasteiger charge is 2.31. The van der Waals surface area contributed by atoms with Gasteiger partial charge in [0, 0.05) is 24.2 Å². The molecule has 0 fully saturated rings.